The van der Waals surface area contributed by atoms with E-state index >= 15 is 0 Å². The second-order valence-corrected chi connectivity index (χ2v) is 32.1. The standard InChI is InChI=1S/C51H81P3/c1-46(2,3)43(52-49-22-31-13-32(23-49)15-33(14-31)24-49)40-11-10-12-41(44(47(4,5)6)53-50-25-34-16-35(26-50)18-36(17-34)27-50)42(40)45(48(7,8)9)54-51-28-37-19-38(29-51)21-39(20-37)30-51/h10-12,31-39,43-45,52-54H,13-30H2,1-9H3. The van der Waals surface area contributed by atoms with Crippen molar-refractivity contribution < 1.29 is 0 Å². The molecule has 54 heavy (non-hydrogen) atoms. The first kappa shape index (κ1) is 38.7. The highest BCUT2D eigenvalue weighted by molar-refractivity contribution is 7.41. The molecule has 0 aliphatic heterocycles. The molecule has 12 saturated carbocycles. The Morgan fingerprint density at radius 2 is 0.611 bits per heavy atom. The molecule has 300 valence electrons. The molecule has 1 aromatic rings. The second kappa shape index (κ2) is 13.3. The number of rotatable bonds is 9. The summed E-state index contributed by atoms with van der Waals surface area (Å²) in [4.78, 5) is 0. The molecule has 0 saturated heterocycles. The average molecular weight is 787 g/mol. The van der Waals surface area contributed by atoms with Crippen LogP contribution in [0.1, 0.15) is 212 Å². The fourth-order valence-electron chi connectivity index (χ4n) is 17.5. The van der Waals surface area contributed by atoms with E-state index in [1.54, 1.807) is 116 Å². The Kier molecular flexibility index (Phi) is 9.50. The zero-order chi connectivity index (χ0) is 37.6. The van der Waals surface area contributed by atoms with Crippen LogP contribution in [0.15, 0.2) is 18.2 Å². The van der Waals surface area contributed by atoms with Crippen molar-refractivity contribution in [1.29, 1.82) is 0 Å². The van der Waals surface area contributed by atoms with E-state index in [0.717, 1.165) is 79.0 Å². The average Bonchev–Trinajstić information content (AvgIpc) is 3.02. The first-order valence-electron chi connectivity index (χ1n) is 23.8. The zero-order valence-corrected chi connectivity index (χ0v) is 39.4. The third-order valence-corrected chi connectivity index (χ3v) is 26.2. The summed E-state index contributed by atoms with van der Waals surface area (Å²) in [6.07, 6.45) is 28.2. The summed E-state index contributed by atoms with van der Waals surface area (Å²) in [7, 11) is 3.29. The molecule has 6 atom stereocenters. The molecule has 3 heteroatoms. The maximum atomic E-state index is 2.78. The van der Waals surface area contributed by atoms with Crippen LogP contribution in [0.25, 0.3) is 0 Å². The Hall–Kier alpha value is 0.510. The minimum absolute atomic E-state index is 0.269. The van der Waals surface area contributed by atoms with Crippen LogP contribution in [-0.2, 0) is 0 Å². The van der Waals surface area contributed by atoms with Gasteiger partial charge in [-0.3, -0.25) is 0 Å². The zero-order valence-electron chi connectivity index (χ0n) is 36.4. The van der Waals surface area contributed by atoms with Gasteiger partial charge in [0.15, 0.2) is 0 Å². The van der Waals surface area contributed by atoms with Gasteiger partial charge in [0, 0.05) is 17.0 Å². The molecular weight excluding hydrogens is 705 g/mol. The van der Waals surface area contributed by atoms with Crippen LogP contribution in [0, 0.1) is 69.5 Å². The highest BCUT2D eigenvalue weighted by Crippen LogP contribution is 2.73. The van der Waals surface area contributed by atoms with Crippen molar-refractivity contribution in [1.82, 2.24) is 0 Å². The van der Waals surface area contributed by atoms with Crippen molar-refractivity contribution in [3.8, 4) is 0 Å². The predicted molar refractivity (Wildman–Crippen MR) is 241 cm³/mol. The monoisotopic (exact) mass is 787 g/mol. The fraction of sp³-hybridized carbons (Fsp3) is 0.882. The van der Waals surface area contributed by atoms with E-state index in [4.69, 9.17) is 0 Å². The molecule has 12 aliphatic carbocycles. The Morgan fingerprint density at radius 3 is 0.833 bits per heavy atom. The van der Waals surface area contributed by atoms with Crippen LogP contribution in [-0.4, -0.2) is 15.5 Å². The lowest BCUT2D eigenvalue weighted by Gasteiger charge is -2.60. The molecule has 0 heterocycles. The fourth-order valence-corrected chi connectivity index (χ4v) is 25.5. The summed E-state index contributed by atoms with van der Waals surface area (Å²) < 4.78 is 0. The minimum atomic E-state index is 0.269. The van der Waals surface area contributed by atoms with E-state index in [9.17, 15) is 0 Å². The van der Waals surface area contributed by atoms with E-state index in [0.29, 0.717) is 32.4 Å². The van der Waals surface area contributed by atoms with Crippen molar-refractivity contribution in [3.63, 3.8) is 0 Å². The SMILES string of the molecule is CC(C)(C)C(PC12CC3CC(CC(C3)C1)C2)c1cccc(C(PC23CC4CC(CC(C4)C2)C3)C(C)(C)C)c1C(PC12CC3CC(CC(C3)C1)C2)C(C)(C)C. The van der Waals surface area contributed by atoms with Gasteiger partial charge in [-0.1, -0.05) is 80.5 Å². The number of hydrogen-bond acceptors (Lipinski definition) is 0. The van der Waals surface area contributed by atoms with E-state index in [1.165, 1.54) is 0 Å². The Labute approximate surface area is 339 Å². The van der Waals surface area contributed by atoms with Gasteiger partial charge >= 0.3 is 0 Å². The van der Waals surface area contributed by atoms with Crippen LogP contribution in [0.2, 0.25) is 0 Å². The van der Waals surface area contributed by atoms with Gasteiger partial charge in [0.2, 0.25) is 0 Å². The van der Waals surface area contributed by atoms with Crippen molar-refractivity contribution in [2.45, 2.75) is 210 Å². The molecule has 13 rings (SSSR count). The van der Waals surface area contributed by atoms with Gasteiger partial charge in [-0.15, -0.1) is 25.7 Å². The Morgan fingerprint density at radius 1 is 0.389 bits per heavy atom. The molecule has 0 N–H and O–H groups in total. The van der Waals surface area contributed by atoms with Crippen LogP contribution in [0.4, 0.5) is 0 Å². The van der Waals surface area contributed by atoms with Gasteiger partial charge in [-0.25, -0.2) is 0 Å². The summed E-state index contributed by atoms with van der Waals surface area (Å²) in [5.74, 6) is 9.38. The van der Waals surface area contributed by atoms with E-state index in [2.05, 4.69) is 80.5 Å². The minimum Gasteiger partial charge on any atom is -0.107 e. The molecule has 0 amide bonds. The van der Waals surface area contributed by atoms with Gasteiger partial charge in [0.25, 0.3) is 0 Å². The first-order chi connectivity index (χ1) is 25.3. The summed E-state index contributed by atoms with van der Waals surface area (Å²) in [6.45, 7) is 24.1. The number of hydrogen-bond donors (Lipinski definition) is 0. The topological polar surface area (TPSA) is 0 Å². The maximum Gasteiger partial charge on any atom is 0.00735 e. The third kappa shape index (κ3) is 7.06. The molecule has 12 bridgehead atoms. The highest BCUT2D eigenvalue weighted by Gasteiger charge is 2.56. The predicted octanol–water partition coefficient (Wildman–Crippen LogP) is 15.9. The Balaban J connectivity index is 1.11. The van der Waals surface area contributed by atoms with Gasteiger partial charge in [-0.2, -0.15) is 0 Å². The largest absolute Gasteiger partial charge is 0.107 e. The molecular formula is C51H81P3. The molecule has 0 aromatic heterocycles. The lowest BCUT2D eigenvalue weighted by atomic mass is 9.56. The summed E-state index contributed by atoms with van der Waals surface area (Å²) in [5, 5.41) is 1.88. The highest BCUT2D eigenvalue weighted by atomic mass is 31.1. The molecule has 1 aromatic carbocycles. The van der Waals surface area contributed by atoms with E-state index < -0.39 is 0 Å². The molecule has 0 spiro atoms. The van der Waals surface area contributed by atoms with E-state index in [-0.39, 0.29) is 16.2 Å². The first-order valence-corrected chi connectivity index (χ1v) is 27.0. The smallest absolute Gasteiger partial charge is 0.00735 e. The number of benzene rings is 1. The van der Waals surface area contributed by atoms with Crippen LogP contribution in [0.5, 0.6) is 0 Å². The van der Waals surface area contributed by atoms with Crippen molar-refractivity contribution in [3.05, 3.63) is 34.9 Å². The van der Waals surface area contributed by atoms with Crippen molar-refractivity contribution in [2.75, 3.05) is 0 Å². The van der Waals surface area contributed by atoms with Crippen LogP contribution in [0.3, 0.4) is 0 Å². The quantitative estimate of drug-likeness (QED) is 0.219. The second-order valence-electron chi connectivity index (χ2n) is 26.3. The van der Waals surface area contributed by atoms with Crippen LogP contribution >= 0.6 is 25.7 Å². The molecule has 0 nitrogen and oxygen atoms in total. The van der Waals surface area contributed by atoms with E-state index in [1.807, 2.05) is 16.7 Å². The van der Waals surface area contributed by atoms with Gasteiger partial charge < -0.3 is 0 Å². The molecule has 12 aliphatic rings. The summed E-state index contributed by atoms with van der Waals surface area (Å²) in [5.41, 5.74) is 8.56. The molecule has 6 unspecified atom stereocenters. The third-order valence-electron chi connectivity index (χ3n) is 18.1. The van der Waals surface area contributed by atoms with Crippen molar-refractivity contribution >= 4 is 25.7 Å². The summed E-state index contributed by atoms with van der Waals surface area (Å²) in [6, 6.07) is 8.19. The van der Waals surface area contributed by atoms with Gasteiger partial charge in [0.1, 0.15) is 0 Å². The lowest BCUT2D eigenvalue weighted by Crippen LogP contribution is -2.49. The normalized spacial score (nSPS) is 45.6. The maximum absolute atomic E-state index is 2.78. The summed E-state index contributed by atoms with van der Waals surface area (Å²) >= 11 is 0. The molecule has 12 fully saturated rings. The van der Waals surface area contributed by atoms with Crippen molar-refractivity contribution in [2.24, 2.45) is 69.5 Å². The van der Waals surface area contributed by atoms with Gasteiger partial charge in [-0.05, 0) is 217 Å². The molecule has 0 radical (unpaired) electrons. The van der Waals surface area contributed by atoms with Gasteiger partial charge in [0.05, 0.1) is 0 Å². The Bertz CT molecular complexity index is 1390. The van der Waals surface area contributed by atoms with Crippen LogP contribution < -0.4 is 0 Å². The lowest BCUT2D eigenvalue weighted by molar-refractivity contribution is 0.0356.